The molecule has 3 aromatic rings. The van der Waals surface area contributed by atoms with Gasteiger partial charge in [-0.15, -0.1) is 0 Å². The maximum absolute atomic E-state index is 14.1. The number of rotatable bonds is 2. The van der Waals surface area contributed by atoms with Crippen molar-refractivity contribution in [3.8, 4) is 0 Å². The third-order valence-electron chi connectivity index (χ3n) is 4.81. The van der Waals surface area contributed by atoms with E-state index < -0.39 is 17.4 Å². The Bertz CT molecular complexity index is 1020. The lowest BCUT2D eigenvalue weighted by Gasteiger charge is -2.29. The molecular formula is C22H14ClF3O. The summed E-state index contributed by atoms with van der Waals surface area (Å²) in [6.45, 7) is 0. The number of alkyl halides is 3. The zero-order valence-corrected chi connectivity index (χ0v) is 14.7. The van der Waals surface area contributed by atoms with E-state index in [4.69, 9.17) is 11.6 Å². The largest absolute Gasteiger partial charge is 0.417 e. The highest BCUT2D eigenvalue weighted by atomic mass is 35.5. The van der Waals surface area contributed by atoms with Crippen molar-refractivity contribution in [2.45, 2.75) is 11.8 Å². The molecule has 0 spiro atoms. The van der Waals surface area contributed by atoms with Crippen LogP contribution >= 0.6 is 11.6 Å². The highest BCUT2D eigenvalue weighted by molar-refractivity contribution is 6.30. The molecule has 0 saturated heterocycles. The van der Waals surface area contributed by atoms with Gasteiger partial charge in [0.2, 0.25) is 0 Å². The number of aliphatic hydroxyl groups is 1. The van der Waals surface area contributed by atoms with Gasteiger partial charge in [-0.25, -0.2) is 0 Å². The molecule has 0 fully saturated rings. The second-order valence-corrected chi connectivity index (χ2v) is 6.81. The van der Waals surface area contributed by atoms with Crippen LogP contribution in [0.25, 0.3) is 11.1 Å². The van der Waals surface area contributed by atoms with Crippen LogP contribution < -0.4 is 0 Å². The molecule has 136 valence electrons. The smallest absolute Gasteiger partial charge is 0.376 e. The molecule has 27 heavy (non-hydrogen) atoms. The summed E-state index contributed by atoms with van der Waals surface area (Å²) in [5.41, 5.74) is -2.08. The monoisotopic (exact) mass is 386 g/mol. The maximum Gasteiger partial charge on any atom is 0.417 e. The molecule has 1 aliphatic rings. The summed E-state index contributed by atoms with van der Waals surface area (Å²) >= 11 is 5.92. The van der Waals surface area contributed by atoms with Crippen molar-refractivity contribution in [3.63, 3.8) is 0 Å². The standard InChI is InChI=1S/C22H14ClF3O/c23-16-12-10-14(11-13-16)19-20(22(24,25)26)17-8-4-5-9-18(17)21(19,27)15-6-2-1-3-7-15/h1-13,27H. The van der Waals surface area contributed by atoms with E-state index in [1.807, 2.05) is 0 Å². The summed E-state index contributed by atoms with van der Waals surface area (Å²) in [5, 5.41) is 12.1. The van der Waals surface area contributed by atoms with Crippen molar-refractivity contribution in [2.24, 2.45) is 0 Å². The van der Waals surface area contributed by atoms with Crippen LogP contribution in [0.2, 0.25) is 5.02 Å². The van der Waals surface area contributed by atoms with Crippen LogP contribution in [0.5, 0.6) is 0 Å². The van der Waals surface area contributed by atoms with Gasteiger partial charge < -0.3 is 5.11 Å². The van der Waals surface area contributed by atoms with Gasteiger partial charge in [0.15, 0.2) is 0 Å². The number of fused-ring (bicyclic) bond motifs is 1. The first-order chi connectivity index (χ1) is 12.8. The van der Waals surface area contributed by atoms with Crippen LogP contribution in [0.3, 0.4) is 0 Å². The van der Waals surface area contributed by atoms with Gasteiger partial charge in [-0.2, -0.15) is 13.2 Å². The molecular weight excluding hydrogens is 373 g/mol. The van der Waals surface area contributed by atoms with Crippen LogP contribution in [0.1, 0.15) is 22.3 Å². The third-order valence-corrected chi connectivity index (χ3v) is 5.06. The molecule has 0 radical (unpaired) electrons. The van der Waals surface area contributed by atoms with Crippen molar-refractivity contribution in [2.75, 3.05) is 0 Å². The van der Waals surface area contributed by atoms with Crippen molar-refractivity contribution in [3.05, 3.63) is 106 Å². The Morgan fingerprint density at radius 3 is 2.00 bits per heavy atom. The fraction of sp³-hybridized carbons (Fsp3) is 0.0909. The van der Waals surface area contributed by atoms with Gasteiger partial charge in [-0.1, -0.05) is 78.3 Å². The SMILES string of the molecule is OC1(c2ccccc2)C(c2ccc(Cl)cc2)=C(C(F)(F)F)c2ccccc21. The molecule has 1 N–H and O–H groups in total. The van der Waals surface area contributed by atoms with E-state index in [2.05, 4.69) is 0 Å². The molecule has 4 rings (SSSR count). The number of halogens is 4. The minimum Gasteiger partial charge on any atom is -0.376 e. The molecule has 5 heteroatoms. The van der Waals surface area contributed by atoms with Gasteiger partial charge in [0.25, 0.3) is 0 Å². The summed E-state index contributed by atoms with van der Waals surface area (Å²) in [4.78, 5) is 0. The number of allylic oxidation sites excluding steroid dienone is 1. The van der Waals surface area contributed by atoms with Gasteiger partial charge in [0.1, 0.15) is 5.60 Å². The first kappa shape index (κ1) is 17.8. The fourth-order valence-corrected chi connectivity index (χ4v) is 3.84. The van der Waals surface area contributed by atoms with Gasteiger partial charge in [-0.05, 0) is 28.8 Å². The Balaban J connectivity index is 2.12. The Labute approximate surface area is 159 Å². The minimum atomic E-state index is -4.63. The topological polar surface area (TPSA) is 20.2 Å². The average molecular weight is 387 g/mol. The number of hydrogen-bond donors (Lipinski definition) is 1. The van der Waals surface area contributed by atoms with Crippen molar-refractivity contribution in [1.82, 2.24) is 0 Å². The molecule has 3 aromatic carbocycles. The lowest BCUT2D eigenvalue weighted by molar-refractivity contribution is -0.0686. The Hall–Kier alpha value is -2.56. The van der Waals surface area contributed by atoms with Gasteiger partial charge in [0.05, 0.1) is 5.57 Å². The van der Waals surface area contributed by atoms with E-state index >= 15 is 0 Å². The van der Waals surface area contributed by atoms with E-state index in [1.165, 1.54) is 36.4 Å². The molecule has 0 aromatic heterocycles. The zero-order valence-electron chi connectivity index (χ0n) is 14.0. The van der Waals surface area contributed by atoms with Crippen LogP contribution in [0, 0.1) is 0 Å². The average Bonchev–Trinajstić information content (AvgIpc) is 2.94. The Morgan fingerprint density at radius 1 is 0.778 bits per heavy atom. The van der Waals surface area contributed by atoms with Crippen molar-refractivity contribution in [1.29, 1.82) is 0 Å². The second-order valence-electron chi connectivity index (χ2n) is 6.38. The molecule has 0 heterocycles. The number of benzene rings is 3. The van der Waals surface area contributed by atoms with Crippen molar-refractivity contribution < 1.29 is 18.3 Å². The molecule has 0 aliphatic heterocycles. The first-order valence-electron chi connectivity index (χ1n) is 8.29. The number of hydrogen-bond acceptors (Lipinski definition) is 1. The second kappa shape index (κ2) is 6.25. The Morgan fingerprint density at radius 2 is 1.37 bits per heavy atom. The Kier molecular flexibility index (Phi) is 4.13. The van der Waals surface area contributed by atoms with Gasteiger partial charge in [-0.3, -0.25) is 0 Å². The molecule has 1 nitrogen and oxygen atoms in total. The van der Waals surface area contributed by atoms with Crippen LogP contribution in [0.4, 0.5) is 13.2 Å². The van der Waals surface area contributed by atoms with E-state index in [0.717, 1.165) is 0 Å². The van der Waals surface area contributed by atoms with Crippen LogP contribution in [0.15, 0.2) is 78.9 Å². The van der Waals surface area contributed by atoms with E-state index in [-0.39, 0.29) is 22.3 Å². The quantitative estimate of drug-likeness (QED) is 0.567. The van der Waals surface area contributed by atoms with Crippen LogP contribution in [-0.2, 0) is 5.60 Å². The highest BCUT2D eigenvalue weighted by Gasteiger charge is 2.52. The first-order valence-corrected chi connectivity index (χ1v) is 8.67. The summed E-state index contributed by atoms with van der Waals surface area (Å²) in [7, 11) is 0. The summed E-state index contributed by atoms with van der Waals surface area (Å²) < 4.78 is 42.4. The fourth-order valence-electron chi connectivity index (χ4n) is 3.71. The van der Waals surface area contributed by atoms with Gasteiger partial charge >= 0.3 is 6.18 Å². The molecule has 0 saturated carbocycles. The predicted molar refractivity (Wildman–Crippen MR) is 100 cm³/mol. The molecule has 1 aliphatic carbocycles. The van der Waals surface area contributed by atoms with E-state index in [0.29, 0.717) is 10.6 Å². The van der Waals surface area contributed by atoms with Crippen molar-refractivity contribution >= 4 is 22.7 Å². The van der Waals surface area contributed by atoms with Crippen LogP contribution in [-0.4, -0.2) is 11.3 Å². The maximum atomic E-state index is 14.1. The zero-order chi connectivity index (χ0) is 19.2. The predicted octanol–water partition coefficient (Wildman–Crippen LogP) is 6.06. The molecule has 0 bridgehead atoms. The highest BCUT2D eigenvalue weighted by Crippen LogP contribution is 2.57. The minimum absolute atomic E-state index is 0.0127. The molecule has 1 unspecified atom stereocenters. The van der Waals surface area contributed by atoms with Gasteiger partial charge in [0, 0.05) is 16.2 Å². The third kappa shape index (κ3) is 2.76. The lowest BCUT2D eigenvalue weighted by atomic mass is 9.80. The summed E-state index contributed by atoms with van der Waals surface area (Å²) in [5.74, 6) is 0. The van der Waals surface area contributed by atoms with E-state index in [1.54, 1.807) is 42.5 Å². The lowest BCUT2D eigenvalue weighted by Crippen LogP contribution is -2.27. The summed E-state index contributed by atoms with van der Waals surface area (Å²) in [6.07, 6.45) is -4.63. The van der Waals surface area contributed by atoms with E-state index in [9.17, 15) is 18.3 Å². The summed E-state index contributed by atoms with van der Waals surface area (Å²) in [6, 6.07) is 20.6. The molecule has 1 atom stereocenters. The molecule has 0 amide bonds. The normalized spacial score (nSPS) is 19.3.